The van der Waals surface area contributed by atoms with Gasteiger partial charge in [-0.1, -0.05) is 28.1 Å². The molecule has 0 spiro atoms. The van der Waals surface area contributed by atoms with Crippen LogP contribution < -0.4 is 5.32 Å². The molecule has 1 N–H and O–H groups in total. The summed E-state index contributed by atoms with van der Waals surface area (Å²) < 4.78 is 3.07. The summed E-state index contributed by atoms with van der Waals surface area (Å²) in [5.74, 6) is 0. The van der Waals surface area contributed by atoms with Gasteiger partial charge in [-0.3, -0.25) is 4.68 Å². The molecule has 1 unspecified atom stereocenters. The van der Waals surface area contributed by atoms with Crippen LogP contribution in [0.3, 0.4) is 0 Å². The van der Waals surface area contributed by atoms with E-state index >= 15 is 0 Å². The third-order valence-corrected chi connectivity index (χ3v) is 3.88. The third-order valence-electron chi connectivity index (χ3n) is 3.35. The Kier molecular flexibility index (Phi) is 4.77. The van der Waals surface area contributed by atoms with Crippen molar-refractivity contribution in [1.29, 1.82) is 0 Å². The van der Waals surface area contributed by atoms with Crippen molar-refractivity contribution >= 4 is 15.9 Å². The lowest BCUT2D eigenvalue weighted by Gasteiger charge is -2.19. The van der Waals surface area contributed by atoms with Gasteiger partial charge in [0.1, 0.15) is 0 Å². The molecule has 0 saturated carbocycles. The van der Waals surface area contributed by atoms with Gasteiger partial charge in [0.05, 0.1) is 6.20 Å². The van der Waals surface area contributed by atoms with Crippen molar-refractivity contribution in [3.63, 3.8) is 0 Å². The van der Waals surface area contributed by atoms with E-state index in [1.54, 1.807) is 0 Å². The van der Waals surface area contributed by atoms with Crippen LogP contribution in [0.5, 0.6) is 0 Å². The highest BCUT2D eigenvalue weighted by atomic mass is 79.9. The average molecular weight is 322 g/mol. The summed E-state index contributed by atoms with van der Waals surface area (Å²) in [6.07, 6.45) is 4.04. The molecule has 102 valence electrons. The van der Waals surface area contributed by atoms with Gasteiger partial charge in [0.25, 0.3) is 0 Å². The largest absolute Gasteiger partial charge is 0.304 e. The summed E-state index contributed by atoms with van der Waals surface area (Å²) in [7, 11) is 0. The molecule has 0 saturated heterocycles. The van der Waals surface area contributed by atoms with Gasteiger partial charge in [-0.25, -0.2) is 0 Å². The van der Waals surface area contributed by atoms with E-state index < -0.39 is 0 Å². The van der Waals surface area contributed by atoms with Crippen LogP contribution in [0.1, 0.15) is 44.0 Å². The van der Waals surface area contributed by atoms with Crippen molar-refractivity contribution in [3.05, 3.63) is 52.3 Å². The first-order chi connectivity index (χ1) is 9.10. The van der Waals surface area contributed by atoms with Gasteiger partial charge in [0, 0.05) is 34.9 Å². The van der Waals surface area contributed by atoms with E-state index in [9.17, 15) is 0 Å². The molecule has 0 radical (unpaired) electrons. The molecule has 1 aromatic heterocycles. The minimum Gasteiger partial charge on any atom is -0.304 e. The maximum atomic E-state index is 4.32. The topological polar surface area (TPSA) is 29.9 Å². The maximum Gasteiger partial charge on any atom is 0.0537 e. The van der Waals surface area contributed by atoms with E-state index in [-0.39, 0.29) is 0 Å². The Balaban J connectivity index is 2.01. The predicted molar refractivity (Wildman–Crippen MR) is 82.0 cm³/mol. The lowest BCUT2D eigenvalue weighted by Crippen LogP contribution is -2.22. The fourth-order valence-electron chi connectivity index (χ4n) is 2.10. The number of aryl methyl sites for hydroxylation is 1. The molecule has 2 aromatic rings. The van der Waals surface area contributed by atoms with E-state index in [1.165, 1.54) is 11.1 Å². The lowest BCUT2D eigenvalue weighted by molar-refractivity contribution is 0.494. The molecule has 19 heavy (non-hydrogen) atoms. The second kappa shape index (κ2) is 6.35. The fraction of sp³-hybridized carbons (Fsp3) is 0.400. The van der Waals surface area contributed by atoms with Crippen LogP contribution in [-0.2, 0) is 6.54 Å². The Labute approximate surface area is 123 Å². The standard InChI is InChI=1S/C15H20BrN3/c1-4-19-10-14(9-17-19)12(3)18-11(2)13-5-7-15(16)8-6-13/h5-12,18H,4H2,1-3H3/t11-,12?/m0/s1. The van der Waals surface area contributed by atoms with Crippen LogP contribution in [0.25, 0.3) is 0 Å². The first-order valence-corrected chi connectivity index (χ1v) is 7.43. The second-order valence-corrected chi connectivity index (χ2v) is 5.71. The van der Waals surface area contributed by atoms with Crippen LogP contribution in [0.2, 0.25) is 0 Å². The number of halogens is 1. The molecule has 2 atom stereocenters. The maximum absolute atomic E-state index is 4.32. The van der Waals surface area contributed by atoms with Gasteiger partial charge in [-0.2, -0.15) is 5.10 Å². The molecule has 0 amide bonds. The number of hydrogen-bond acceptors (Lipinski definition) is 2. The molecular formula is C15H20BrN3. The molecular weight excluding hydrogens is 302 g/mol. The van der Waals surface area contributed by atoms with Crippen LogP contribution in [0.15, 0.2) is 41.1 Å². The SMILES string of the molecule is CCn1cc(C(C)N[C@@H](C)c2ccc(Br)cc2)cn1. The van der Waals surface area contributed by atoms with E-state index in [2.05, 4.69) is 77.6 Å². The van der Waals surface area contributed by atoms with E-state index in [0.717, 1.165) is 11.0 Å². The van der Waals surface area contributed by atoms with Gasteiger partial charge in [-0.05, 0) is 38.5 Å². The van der Waals surface area contributed by atoms with Gasteiger partial charge in [0.15, 0.2) is 0 Å². The van der Waals surface area contributed by atoms with Crippen molar-refractivity contribution in [3.8, 4) is 0 Å². The normalized spacial score (nSPS) is 14.3. The van der Waals surface area contributed by atoms with Crippen LogP contribution in [0, 0.1) is 0 Å². The highest BCUT2D eigenvalue weighted by Crippen LogP contribution is 2.20. The summed E-state index contributed by atoms with van der Waals surface area (Å²) in [5.41, 5.74) is 2.52. The molecule has 1 heterocycles. The van der Waals surface area contributed by atoms with Gasteiger partial charge in [0.2, 0.25) is 0 Å². The van der Waals surface area contributed by atoms with Crippen LogP contribution in [-0.4, -0.2) is 9.78 Å². The Morgan fingerprint density at radius 2 is 1.79 bits per heavy atom. The lowest BCUT2D eigenvalue weighted by atomic mass is 10.1. The minimum absolute atomic E-state index is 0.291. The summed E-state index contributed by atoms with van der Waals surface area (Å²) in [6.45, 7) is 7.37. The Morgan fingerprint density at radius 3 is 2.37 bits per heavy atom. The molecule has 0 aliphatic heterocycles. The number of nitrogens with zero attached hydrogens (tertiary/aromatic N) is 2. The number of benzene rings is 1. The first-order valence-electron chi connectivity index (χ1n) is 6.64. The quantitative estimate of drug-likeness (QED) is 0.899. The summed E-state index contributed by atoms with van der Waals surface area (Å²) in [4.78, 5) is 0. The molecule has 1 aromatic carbocycles. The van der Waals surface area contributed by atoms with Crippen molar-refractivity contribution < 1.29 is 0 Å². The zero-order valence-electron chi connectivity index (χ0n) is 11.6. The Hall–Kier alpha value is -1.13. The number of rotatable bonds is 5. The van der Waals surface area contributed by atoms with E-state index in [4.69, 9.17) is 0 Å². The predicted octanol–water partition coefficient (Wildman–Crippen LogP) is 4.08. The first kappa shape index (κ1) is 14.3. The Bertz CT molecular complexity index is 518. The zero-order valence-corrected chi connectivity index (χ0v) is 13.2. The number of hydrogen-bond donors (Lipinski definition) is 1. The van der Waals surface area contributed by atoms with Gasteiger partial charge >= 0.3 is 0 Å². The van der Waals surface area contributed by atoms with Crippen molar-refractivity contribution in [2.24, 2.45) is 0 Å². The van der Waals surface area contributed by atoms with Crippen molar-refractivity contribution in [2.45, 2.75) is 39.4 Å². The van der Waals surface area contributed by atoms with Crippen molar-refractivity contribution in [2.75, 3.05) is 0 Å². The van der Waals surface area contributed by atoms with Crippen LogP contribution >= 0.6 is 15.9 Å². The molecule has 0 aliphatic carbocycles. The number of aromatic nitrogens is 2. The smallest absolute Gasteiger partial charge is 0.0537 e. The van der Waals surface area contributed by atoms with E-state index in [1.807, 2.05) is 10.9 Å². The Morgan fingerprint density at radius 1 is 1.16 bits per heavy atom. The summed E-state index contributed by atoms with van der Waals surface area (Å²) >= 11 is 3.46. The monoisotopic (exact) mass is 321 g/mol. The summed E-state index contributed by atoms with van der Waals surface area (Å²) in [6, 6.07) is 9.04. The highest BCUT2D eigenvalue weighted by Gasteiger charge is 2.12. The third kappa shape index (κ3) is 3.67. The summed E-state index contributed by atoms with van der Waals surface area (Å²) in [5, 5.41) is 7.92. The fourth-order valence-corrected chi connectivity index (χ4v) is 2.36. The average Bonchev–Trinajstić information content (AvgIpc) is 2.88. The number of nitrogens with one attached hydrogen (secondary N) is 1. The molecule has 3 nitrogen and oxygen atoms in total. The molecule has 4 heteroatoms. The highest BCUT2D eigenvalue weighted by molar-refractivity contribution is 9.10. The van der Waals surface area contributed by atoms with Crippen LogP contribution in [0.4, 0.5) is 0 Å². The zero-order chi connectivity index (χ0) is 13.8. The van der Waals surface area contributed by atoms with E-state index in [0.29, 0.717) is 12.1 Å². The van der Waals surface area contributed by atoms with Gasteiger partial charge in [-0.15, -0.1) is 0 Å². The van der Waals surface area contributed by atoms with Crippen molar-refractivity contribution in [1.82, 2.24) is 15.1 Å². The molecule has 0 bridgehead atoms. The molecule has 0 fully saturated rings. The molecule has 2 rings (SSSR count). The minimum atomic E-state index is 0.291. The molecule has 0 aliphatic rings. The second-order valence-electron chi connectivity index (χ2n) is 4.79. The van der Waals surface area contributed by atoms with Gasteiger partial charge < -0.3 is 5.32 Å².